The number of fused-ring (bicyclic) bond motifs is 1. The third-order valence-electron chi connectivity index (χ3n) is 2.66. The van der Waals surface area contributed by atoms with Crippen molar-refractivity contribution in [2.45, 2.75) is 33.1 Å². The predicted octanol–water partition coefficient (Wildman–Crippen LogP) is 3.40. The lowest BCUT2D eigenvalue weighted by Crippen LogP contribution is -2.14. The molecule has 2 heteroatoms. The second-order valence-electron chi connectivity index (χ2n) is 5.24. The molecule has 1 aromatic carbocycles. The van der Waals surface area contributed by atoms with Crippen LogP contribution < -0.4 is 5.63 Å². The summed E-state index contributed by atoms with van der Waals surface area (Å²) in [5, 5.41) is 1.61. The lowest BCUT2D eigenvalue weighted by molar-refractivity contribution is 0.382. The van der Waals surface area contributed by atoms with Crippen LogP contribution in [0.3, 0.4) is 0 Å². The van der Waals surface area contributed by atoms with Gasteiger partial charge in [-0.25, -0.2) is 4.79 Å². The summed E-state index contributed by atoms with van der Waals surface area (Å²) in [6.45, 7) is 8.12. The minimum atomic E-state index is -0.248. The zero-order valence-corrected chi connectivity index (χ0v) is 10.1. The Hall–Kier alpha value is -1.57. The Bertz CT molecular complexity index is 586. The molecule has 0 fully saturated rings. The fourth-order valence-electron chi connectivity index (χ4n) is 1.68. The first-order valence-electron chi connectivity index (χ1n) is 5.43. The first-order chi connectivity index (χ1) is 7.38. The Kier molecular flexibility index (Phi) is 2.38. The highest BCUT2D eigenvalue weighted by molar-refractivity contribution is 5.82. The zero-order chi connectivity index (χ0) is 11.9. The molecule has 0 amide bonds. The zero-order valence-electron chi connectivity index (χ0n) is 10.1. The van der Waals surface area contributed by atoms with Crippen LogP contribution in [-0.4, -0.2) is 0 Å². The highest BCUT2D eigenvalue weighted by Crippen LogP contribution is 2.24. The van der Waals surface area contributed by atoms with Gasteiger partial charge in [0.05, 0.1) is 5.39 Å². The van der Waals surface area contributed by atoms with Crippen LogP contribution in [-0.2, 0) is 5.41 Å². The molecule has 0 atom stereocenters. The Morgan fingerprint density at radius 3 is 2.44 bits per heavy atom. The van der Waals surface area contributed by atoms with Gasteiger partial charge in [-0.2, -0.15) is 0 Å². The summed E-state index contributed by atoms with van der Waals surface area (Å²) in [4.78, 5) is 11.8. The van der Waals surface area contributed by atoms with Gasteiger partial charge in [-0.15, -0.1) is 0 Å². The van der Waals surface area contributed by atoms with Crippen LogP contribution in [0, 0.1) is 6.92 Å². The monoisotopic (exact) mass is 216 g/mol. The highest BCUT2D eigenvalue weighted by atomic mass is 16.4. The second-order valence-corrected chi connectivity index (χ2v) is 5.24. The van der Waals surface area contributed by atoms with Crippen molar-refractivity contribution in [3.8, 4) is 0 Å². The maximum atomic E-state index is 11.8. The van der Waals surface area contributed by atoms with Gasteiger partial charge in [-0.1, -0.05) is 38.5 Å². The molecule has 2 rings (SSSR count). The summed E-state index contributed by atoms with van der Waals surface area (Å²) < 4.78 is 5.34. The van der Waals surface area contributed by atoms with Crippen LogP contribution >= 0.6 is 0 Å². The van der Waals surface area contributed by atoms with Gasteiger partial charge in [0.1, 0.15) is 5.76 Å². The van der Waals surface area contributed by atoms with Crippen molar-refractivity contribution < 1.29 is 4.42 Å². The van der Waals surface area contributed by atoms with Crippen LogP contribution in [0.25, 0.3) is 10.8 Å². The first kappa shape index (κ1) is 10.9. The smallest absolute Gasteiger partial charge is 0.343 e. The van der Waals surface area contributed by atoms with Gasteiger partial charge in [0.15, 0.2) is 0 Å². The summed E-state index contributed by atoms with van der Waals surface area (Å²) in [5.41, 5.74) is 0.761. The summed E-state index contributed by atoms with van der Waals surface area (Å²) >= 11 is 0. The normalized spacial score (nSPS) is 12.0. The molecule has 16 heavy (non-hydrogen) atoms. The van der Waals surface area contributed by atoms with E-state index in [4.69, 9.17) is 4.42 Å². The fraction of sp³-hybridized carbons (Fsp3) is 0.357. The molecule has 1 heterocycles. The molecule has 84 valence electrons. The molecule has 0 bridgehead atoms. The fourth-order valence-corrected chi connectivity index (χ4v) is 1.68. The number of hydrogen-bond acceptors (Lipinski definition) is 2. The van der Waals surface area contributed by atoms with E-state index >= 15 is 0 Å². The number of hydrogen-bond donors (Lipinski definition) is 0. The van der Waals surface area contributed by atoms with Crippen molar-refractivity contribution in [2.75, 3.05) is 0 Å². The van der Waals surface area contributed by atoms with E-state index in [1.54, 1.807) is 0 Å². The van der Waals surface area contributed by atoms with Crippen LogP contribution in [0.4, 0.5) is 0 Å². The SMILES string of the molecule is Cc1ccc2c(=O)oc(C(C)(C)C)cc2c1. The molecule has 0 N–H and O–H groups in total. The van der Waals surface area contributed by atoms with E-state index in [1.165, 1.54) is 0 Å². The van der Waals surface area contributed by atoms with E-state index in [-0.39, 0.29) is 11.0 Å². The van der Waals surface area contributed by atoms with Crippen molar-refractivity contribution in [2.24, 2.45) is 0 Å². The molecule has 0 aliphatic carbocycles. The lowest BCUT2D eigenvalue weighted by atomic mass is 9.92. The van der Waals surface area contributed by atoms with E-state index in [0.717, 1.165) is 16.7 Å². The van der Waals surface area contributed by atoms with Gasteiger partial charge < -0.3 is 4.42 Å². The summed E-state index contributed by atoms with van der Waals surface area (Å²) in [6, 6.07) is 7.73. The molecule has 2 nitrogen and oxygen atoms in total. The van der Waals surface area contributed by atoms with Crippen molar-refractivity contribution in [3.05, 3.63) is 46.0 Å². The van der Waals surface area contributed by atoms with E-state index in [2.05, 4.69) is 0 Å². The van der Waals surface area contributed by atoms with Gasteiger partial charge in [-0.3, -0.25) is 0 Å². The molecular formula is C14H16O2. The molecule has 2 aromatic rings. The van der Waals surface area contributed by atoms with Gasteiger partial charge in [-0.05, 0) is 24.4 Å². The van der Waals surface area contributed by atoms with Gasteiger partial charge >= 0.3 is 5.63 Å². The van der Waals surface area contributed by atoms with Crippen molar-refractivity contribution in [3.63, 3.8) is 0 Å². The lowest BCUT2D eigenvalue weighted by Gasteiger charge is -2.16. The number of benzene rings is 1. The maximum absolute atomic E-state index is 11.8. The van der Waals surface area contributed by atoms with Crippen LogP contribution in [0.5, 0.6) is 0 Å². The van der Waals surface area contributed by atoms with E-state index in [0.29, 0.717) is 5.39 Å². The van der Waals surface area contributed by atoms with Crippen molar-refractivity contribution in [1.29, 1.82) is 0 Å². The van der Waals surface area contributed by atoms with Crippen LogP contribution in [0.15, 0.2) is 33.5 Å². The third kappa shape index (κ3) is 1.87. The minimum Gasteiger partial charge on any atom is -0.427 e. The molecule has 0 saturated carbocycles. The molecule has 0 unspecified atom stereocenters. The summed E-state index contributed by atoms with van der Waals surface area (Å²) in [5.74, 6) is 0.732. The average Bonchev–Trinajstić information content (AvgIpc) is 2.15. The molecule has 0 aliphatic heterocycles. The van der Waals surface area contributed by atoms with Gasteiger partial charge in [0, 0.05) is 5.41 Å². The van der Waals surface area contributed by atoms with Crippen molar-refractivity contribution >= 4 is 10.8 Å². The Morgan fingerprint density at radius 2 is 1.81 bits per heavy atom. The largest absolute Gasteiger partial charge is 0.427 e. The predicted molar refractivity (Wildman–Crippen MR) is 65.9 cm³/mol. The average molecular weight is 216 g/mol. The van der Waals surface area contributed by atoms with Gasteiger partial charge in [0.2, 0.25) is 0 Å². The standard InChI is InChI=1S/C14H16O2/c1-9-5-6-11-10(7-9)8-12(14(2,3)4)16-13(11)15/h5-8H,1-4H3. The second kappa shape index (κ2) is 3.48. The number of aryl methyl sites for hydroxylation is 1. The quantitative estimate of drug-likeness (QED) is 0.675. The maximum Gasteiger partial charge on any atom is 0.343 e. The molecule has 0 aliphatic rings. The Morgan fingerprint density at radius 1 is 1.12 bits per heavy atom. The summed E-state index contributed by atoms with van der Waals surface area (Å²) in [6.07, 6.45) is 0. The van der Waals surface area contributed by atoms with Crippen LogP contribution in [0.2, 0.25) is 0 Å². The van der Waals surface area contributed by atoms with E-state index < -0.39 is 0 Å². The third-order valence-corrected chi connectivity index (χ3v) is 2.66. The van der Waals surface area contributed by atoms with E-state index in [9.17, 15) is 4.79 Å². The van der Waals surface area contributed by atoms with Crippen molar-refractivity contribution in [1.82, 2.24) is 0 Å². The minimum absolute atomic E-state index is 0.142. The molecule has 0 spiro atoms. The van der Waals surface area contributed by atoms with Crippen LogP contribution in [0.1, 0.15) is 32.1 Å². The Balaban J connectivity index is 2.80. The molecular weight excluding hydrogens is 200 g/mol. The first-order valence-corrected chi connectivity index (χ1v) is 5.43. The Labute approximate surface area is 94.9 Å². The number of rotatable bonds is 0. The van der Waals surface area contributed by atoms with E-state index in [1.807, 2.05) is 52.0 Å². The molecule has 1 aromatic heterocycles. The molecule has 0 saturated heterocycles. The molecule has 0 radical (unpaired) electrons. The van der Waals surface area contributed by atoms with Gasteiger partial charge in [0.25, 0.3) is 0 Å². The topological polar surface area (TPSA) is 30.2 Å². The summed E-state index contributed by atoms with van der Waals surface area (Å²) in [7, 11) is 0. The highest BCUT2D eigenvalue weighted by Gasteiger charge is 2.18.